The van der Waals surface area contributed by atoms with Crippen LogP contribution in [0.25, 0.3) is 0 Å². The fourth-order valence-corrected chi connectivity index (χ4v) is 0. The Hall–Kier alpha value is -1.25. The summed E-state index contributed by atoms with van der Waals surface area (Å²) in [6, 6.07) is 0. The molecule has 0 aromatic rings. The predicted octanol–water partition coefficient (Wildman–Crippen LogP) is 1.52. The molecule has 0 radical (unpaired) electrons. The van der Waals surface area contributed by atoms with Gasteiger partial charge in [-0.1, -0.05) is 12.2 Å². The van der Waals surface area contributed by atoms with Crippen molar-refractivity contribution in [2.45, 2.75) is 20.8 Å². The van der Waals surface area contributed by atoms with Crippen LogP contribution in [0.3, 0.4) is 0 Å². The quantitative estimate of drug-likeness (QED) is 0.567. The molecule has 0 bridgehead atoms. The van der Waals surface area contributed by atoms with Crippen molar-refractivity contribution in [1.29, 1.82) is 0 Å². The van der Waals surface area contributed by atoms with E-state index in [4.69, 9.17) is 10.8 Å². The third-order valence-electron chi connectivity index (χ3n) is 0.698. The van der Waals surface area contributed by atoms with Gasteiger partial charge in [-0.15, -0.1) is 0 Å². The Balaban J connectivity index is 0. The van der Waals surface area contributed by atoms with Gasteiger partial charge in [0.1, 0.15) is 0 Å². The van der Waals surface area contributed by atoms with E-state index in [0.29, 0.717) is 0 Å². The van der Waals surface area contributed by atoms with Crippen molar-refractivity contribution in [2.24, 2.45) is 5.73 Å². The van der Waals surface area contributed by atoms with E-state index in [9.17, 15) is 4.79 Å². The number of rotatable bonds is 1. The van der Waals surface area contributed by atoms with Gasteiger partial charge < -0.3 is 10.8 Å². The highest BCUT2D eigenvalue weighted by Crippen LogP contribution is 1.81. The van der Waals surface area contributed by atoms with Crippen LogP contribution < -0.4 is 5.73 Å². The van der Waals surface area contributed by atoms with Gasteiger partial charge in [0.15, 0.2) is 0 Å². The highest BCUT2D eigenvalue weighted by molar-refractivity contribution is 5.84. The second-order valence-corrected chi connectivity index (χ2v) is 2.33. The van der Waals surface area contributed by atoms with E-state index in [1.165, 1.54) is 6.92 Å². The molecule has 0 aliphatic carbocycles. The summed E-state index contributed by atoms with van der Waals surface area (Å²) in [5.74, 6) is -0.935. The number of carboxylic acid groups (broad SMARTS) is 1. The minimum Gasteiger partial charge on any atom is -0.478 e. The van der Waals surface area contributed by atoms with Crippen molar-refractivity contribution >= 4 is 5.97 Å². The van der Waals surface area contributed by atoms with Gasteiger partial charge in [0.05, 0.1) is 0 Å². The summed E-state index contributed by atoms with van der Waals surface area (Å²) in [5.41, 5.74) is 6.34. The molecule has 0 aliphatic rings. The number of carbonyl (C=O) groups is 1. The average molecular weight is 157 g/mol. The van der Waals surface area contributed by atoms with Gasteiger partial charge in [-0.05, 0) is 27.0 Å². The topological polar surface area (TPSA) is 63.3 Å². The lowest BCUT2D eigenvalue weighted by Gasteiger charge is -1.79. The van der Waals surface area contributed by atoms with Crippen LogP contribution in [-0.2, 0) is 4.79 Å². The zero-order valence-corrected chi connectivity index (χ0v) is 7.22. The van der Waals surface area contributed by atoms with E-state index >= 15 is 0 Å². The van der Waals surface area contributed by atoms with Gasteiger partial charge in [0, 0.05) is 5.57 Å². The molecule has 0 rings (SSSR count). The van der Waals surface area contributed by atoms with E-state index in [1.54, 1.807) is 6.20 Å². The van der Waals surface area contributed by atoms with Gasteiger partial charge >= 0.3 is 5.97 Å². The van der Waals surface area contributed by atoms with Crippen molar-refractivity contribution in [3.63, 3.8) is 0 Å². The number of carboxylic acids is 1. The van der Waals surface area contributed by atoms with Crippen LogP contribution >= 0.6 is 0 Å². The molecule has 11 heavy (non-hydrogen) atoms. The molecule has 0 fully saturated rings. The first-order valence-electron chi connectivity index (χ1n) is 3.15. The molecule has 0 atom stereocenters. The highest BCUT2D eigenvalue weighted by Gasteiger charge is 1.90. The van der Waals surface area contributed by atoms with Crippen LogP contribution in [0.1, 0.15) is 20.8 Å². The summed E-state index contributed by atoms with van der Waals surface area (Å²) in [4.78, 5) is 9.60. The molecule has 0 aliphatic heterocycles. The second kappa shape index (κ2) is 6.86. The summed E-state index contributed by atoms with van der Waals surface area (Å²) >= 11 is 0. The third kappa shape index (κ3) is 17.7. The first-order chi connectivity index (χ1) is 4.91. The molecule has 0 aromatic heterocycles. The normalized spacial score (nSPS) is 7.18. The molecule has 0 unspecified atom stereocenters. The van der Waals surface area contributed by atoms with E-state index in [2.05, 4.69) is 6.58 Å². The molecule has 3 N–H and O–H groups in total. The maximum Gasteiger partial charge on any atom is 0.330 e. The molecule has 0 heterocycles. The summed E-state index contributed by atoms with van der Waals surface area (Å²) in [5, 5.41) is 7.89. The van der Waals surface area contributed by atoms with E-state index in [0.717, 1.165) is 5.57 Å². The molecule has 3 heteroatoms. The zero-order chi connectivity index (χ0) is 9.44. The lowest BCUT2D eigenvalue weighted by atomic mass is 10.4. The fraction of sp³-hybridized carbons (Fsp3) is 0.375. The molecule has 64 valence electrons. The van der Waals surface area contributed by atoms with Gasteiger partial charge in [0.2, 0.25) is 0 Å². The molecular formula is C8H15NO2. The van der Waals surface area contributed by atoms with Crippen molar-refractivity contribution in [1.82, 2.24) is 0 Å². The number of allylic oxidation sites excluding steroid dienone is 1. The Morgan fingerprint density at radius 3 is 1.64 bits per heavy atom. The Labute approximate surface area is 67.2 Å². The largest absolute Gasteiger partial charge is 0.478 e. The lowest BCUT2D eigenvalue weighted by molar-refractivity contribution is -0.132. The molecule has 0 amide bonds. The Bertz CT molecular complexity index is 155. The fourth-order valence-electron chi connectivity index (χ4n) is 0. The molecule has 0 saturated carbocycles. The van der Waals surface area contributed by atoms with E-state index in [-0.39, 0.29) is 5.57 Å². The van der Waals surface area contributed by atoms with Gasteiger partial charge in [-0.3, -0.25) is 0 Å². The molecule has 0 spiro atoms. The van der Waals surface area contributed by atoms with Crippen LogP contribution in [0, 0.1) is 0 Å². The highest BCUT2D eigenvalue weighted by atomic mass is 16.4. The maximum absolute atomic E-state index is 9.60. The van der Waals surface area contributed by atoms with Crippen molar-refractivity contribution in [3.8, 4) is 0 Å². The Kier molecular flexibility index (Phi) is 7.76. The number of nitrogens with two attached hydrogens (primary N) is 1. The standard InChI is InChI=1S/C4H9N.C4H6O2/c1-4(2)3-5;1-3(2)4(5)6/h3H,5H2,1-2H3;1H2,2H3,(H,5,6). The Morgan fingerprint density at radius 2 is 1.64 bits per heavy atom. The maximum atomic E-state index is 9.60. The summed E-state index contributed by atoms with van der Waals surface area (Å²) in [6.07, 6.45) is 1.58. The van der Waals surface area contributed by atoms with Gasteiger partial charge in [0.25, 0.3) is 0 Å². The predicted molar refractivity (Wildman–Crippen MR) is 46.1 cm³/mol. The summed E-state index contributed by atoms with van der Waals surface area (Å²) in [6.45, 7) is 8.52. The van der Waals surface area contributed by atoms with E-state index < -0.39 is 5.97 Å². The molecular weight excluding hydrogens is 142 g/mol. The van der Waals surface area contributed by atoms with Crippen molar-refractivity contribution in [2.75, 3.05) is 0 Å². The summed E-state index contributed by atoms with van der Waals surface area (Å²) < 4.78 is 0. The van der Waals surface area contributed by atoms with Crippen LogP contribution in [-0.4, -0.2) is 11.1 Å². The number of hydrogen-bond acceptors (Lipinski definition) is 2. The zero-order valence-electron chi connectivity index (χ0n) is 7.22. The number of hydrogen-bond donors (Lipinski definition) is 2. The summed E-state index contributed by atoms with van der Waals surface area (Å²) in [7, 11) is 0. The van der Waals surface area contributed by atoms with E-state index in [1.807, 2.05) is 13.8 Å². The third-order valence-corrected chi connectivity index (χ3v) is 0.698. The Morgan fingerprint density at radius 1 is 1.45 bits per heavy atom. The first kappa shape index (κ1) is 12.4. The van der Waals surface area contributed by atoms with Crippen LogP contribution in [0.5, 0.6) is 0 Å². The second-order valence-electron chi connectivity index (χ2n) is 2.33. The molecule has 3 nitrogen and oxygen atoms in total. The van der Waals surface area contributed by atoms with Crippen LogP contribution in [0.2, 0.25) is 0 Å². The molecule has 0 aromatic carbocycles. The lowest BCUT2D eigenvalue weighted by Crippen LogP contribution is -1.92. The smallest absolute Gasteiger partial charge is 0.330 e. The minimum absolute atomic E-state index is 0.176. The van der Waals surface area contributed by atoms with Crippen molar-refractivity contribution in [3.05, 3.63) is 23.9 Å². The van der Waals surface area contributed by atoms with Crippen LogP contribution in [0.4, 0.5) is 0 Å². The number of aliphatic carboxylic acids is 1. The van der Waals surface area contributed by atoms with Crippen molar-refractivity contribution < 1.29 is 9.90 Å². The van der Waals surface area contributed by atoms with Gasteiger partial charge in [-0.25, -0.2) is 4.79 Å². The van der Waals surface area contributed by atoms with Gasteiger partial charge in [-0.2, -0.15) is 0 Å². The first-order valence-corrected chi connectivity index (χ1v) is 3.15. The average Bonchev–Trinajstić information content (AvgIpc) is 1.89. The molecule has 0 saturated heterocycles. The minimum atomic E-state index is -0.935. The SMILES string of the molecule is C=C(C)C(=O)O.CC(C)=CN. The van der Waals surface area contributed by atoms with Crippen LogP contribution in [0.15, 0.2) is 23.9 Å². The monoisotopic (exact) mass is 157 g/mol.